The number of rotatable bonds is 5. The predicted octanol–water partition coefficient (Wildman–Crippen LogP) is 3.81. The minimum atomic E-state index is -0.252. The number of nitrogens with zero attached hydrogens (tertiary/aromatic N) is 3. The molecule has 0 atom stereocenters. The molecule has 1 N–H and O–H groups in total. The standard InChI is InChI=1S/C23H23ClN4O3/c1-2-21-20(15-25-28(21)19-5-3-4-17(24)14-19)22(29)26-18-8-6-16(7-9-18)23(30)27-10-12-31-13-11-27/h3-9,14-15H,2,10-13H2,1H3,(H,26,29). The highest BCUT2D eigenvalue weighted by molar-refractivity contribution is 6.30. The summed E-state index contributed by atoms with van der Waals surface area (Å²) in [6, 6.07) is 14.3. The number of ether oxygens (including phenoxy) is 1. The molecule has 1 saturated heterocycles. The Hall–Kier alpha value is -3.16. The zero-order valence-electron chi connectivity index (χ0n) is 17.2. The second-order valence-electron chi connectivity index (χ2n) is 7.19. The van der Waals surface area contributed by atoms with Gasteiger partial charge in [-0.2, -0.15) is 5.10 Å². The van der Waals surface area contributed by atoms with Crippen LogP contribution in [0, 0.1) is 0 Å². The molecular weight excluding hydrogens is 416 g/mol. The normalized spacial score (nSPS) is 13.8. The Morgan fingerprint density at radius 1 is 1.13 bits per heavy atom. The summed E-state index contributed by atoms with van der Waals surface area (Å²) >= 11 is 6.10. The minimum Gasteiger partial charge on any atom is -0.378 e. The van der Waals surface area contributed by atoms with Crippen LogP contribution in [-0.2, 0) is 11.2 Å². The summed E-state index contributed by atoms with van der Waals surface area (Å²) in [7, 11) is 0. The topological polar surface area (TPSA) is 76.5 Å². The van der Waals surface area contributed by atoms with E-state index in [9.17, 15) is 9.59 Å². The van der Waals surface area contributed by atoms with Crippen LogP contribution in [0.2, 0.25) is 5.02 Å². The molecule has 2 aromatic carbocycles. The maximum absolute atomic E-state index is 12.9. The zero-order chi connectivity index (χ0) is 21.8. The van der Waals surface area contributed by atoms with Gasteiger partial charge in [-0.25, -0.2) is 4.68 Å². The van der Waals surface area contributed by atoms with Gasteiger partial charge < -0.3 is 15.0 Å². The maximum atomic E-state index is 12.9. The van der Waals surface area contributed by atoms with Crippen molar-refractivity contribution in [2.45, 2.75) is 13.3 Å². The molecule has 0 unspecified atom stereocenters. The largest absolute Gasteiger partial charge is 0.378 e. The van der Waals surface area contributed by atoms with Crippen LogP contribution in [0.25, 0.3) is 5.69 Å². The molecule has 31 heavy (non-hydrogen) atoms. The Morgan fingerprint density at radius 3 is 2.55 bits per heavy atom. The molecule has 0 saturated carbocycles. The molecular formula is C23H23ClN4O3. The average Bonchev–Trinajstić information content (AvgIpc) is 3.24. The second-order valence-corrected chi connectivity index (χ2v) is 7.62. The van der Waals surface area contributed by atoms with Crippen molar-refractivity contribution in [1.82, 2.24) is 14.7 Å². The zero-order valence-corrected chi connectivity index (χ0v) is 17.9. The molecule has 7 nitrogen and oxygen atoms in total. The first-order chi connectivity index (χ1) is 15.1. The van der Waals surface area contributed by atoms with E-state index < -0.39 is 0 Å². The third-order valence-corrected chi connectivity index (χ3v) is 5.42. The van der Waals surface area contributed by atoms with Crippen molar-refractivity contribution in [1.29, 1.82) is 0 Å². The van der Waals surface area contributed by atoms with E-state index in [0.29, 0.717) is 54.6 Å². The monoisotopic (exact) mass is 438 g/mol. The van der Waals surface area contributed by atoms with Crippen molar-refractivity contribution in [3.05, 3.63) is 76.6 Å². The number of aromatic nitrogens is 2. The highest BCUT2D eigenvalue weighted by Gasteiger charge is 2.20. The number of halogens is 1. The highest BCUT2D eigenvalue weighted by Crippen LogP contribution is 2.20. The van der Waals surface area contributed by atoms with Crippen LogP contribution in [0.3, 0.4) is 0 Å². The van der Waals surface area contributed by atoms with Gasteiger partial charge in [-0.05, 0) is 48.9 Å². The van der Waals surface area contributed by atoms with Gasteiger partial charge in [0.15, 0.2) is 0 Å². The Morgan fingerprint density at radius 2 is 1.87 bits per heavy atom. The van der Waals surface area contributed by atoms with Gasteiger partial charge in [0.25, 0.3) is 11.8 Å². The number of hydrogen-bond acceptors (Lipinski definition) is 4. The lowest BCUT2D eigenvalue weighted by molar-refractivity contribution is 0.0303. The molecule has 1 fully saturated rings. The molecule has 1 aliphatic heterocycles. The maximum Gasteiger partial charge on any atom is 0.259 e. The summed E-state index contributed by atoms with van der Waals surface area (Å²) in [5.74, 6) is -0.283. The summed E-state index contributed by atoms with van der Waals surface area (Å²) in [5.41, 5.74) is 3.29. The average molecular weight is 439 g/mol. The second kappa shape index (κ2) is 9.32. The first-order valence-electron chi connectivity index (χ1n) is 10.2. The van der Waals surface area contributed by atoms with E-state index in [1.807, 2.05) is 19.1 Å². The SMILES string of the molecule is CCc1c(C(=O)Nc2ccc(C(=O)N3CCOCC3)cc2)cnn1-c1cccc(Cl)c1. The van der Waals surface area contributed by atoms with Gasteiger partial charge >= 0.3 is 0 Å². The van der Waals surface area contributed by atoms with Crippen LogP contribution < -0.4 is 5.32 Å². The molecule has 2 heterocycles. The third kappa shape index (κ3) is 4.62. The lowest BCUT2D eigenvalue weighted by Crippen LogP contribution is -2.40. The van der Waals surface area contributed by atoms with Crippen molar-refractivity contribution in [3.63, 3.8) is 0 Å². The van der Waals surface area contributed by atoms with Crippen LogP contribution in [0.5, 0.6) is 0 Å². The number of benzene rings is 2. The van der Waals surface area contributed by atoms with Gasteiger partial charge in [0, 0.05) is 29.4 Å². The molecule has 1 aliphatic rings. The van der Waals surface area contributed by atoms with E-state index in [-0.39, 0.29) is 11.8 Å². The molecule has 0 spiro atoms. The first-order valence-corrected chi connectivity index (χ1v) is 10.6. The Labute approximate surface area is 185 Å². The van der Waals surface area contributed by atoms with Crippen LogP contribution in [0.15, 0.2) is 54.7 Å². The van der Waals surface area contributed by atoms with Gasteiger partial charge in [-0.15, -0.1) is 0 Å². The van der Waals surface area contributed by atoms with Crippen molar-refractivity contribution in [3.8, 4) is 5.69 Å². The fourth-order valence-corrected chi connectivity index (χ4v) is 3.76. The molecule has 0 aliphatic carbocycles. The first kappa shape index (κ1) is 21.1. The number of hydrogen-bond donors (Lipinski definition) is 1. The molecule has 1 aromatic heterocycles. The van der Waals surface area contributed by atoms with Crippen LogP contribution in [0.4, 0.5) is 5.69 Å². The van der Waals surface area contributed by atoms with Crippen molar-refractivity contribution in [2.75, 3.05) is 31.6 Å². The van der Waals surface area contributed by atoms with Gasteiger partial charge in [0.2, 0.25) is 0 Å². The summed E-state index contributed by atoms with van der Waals surface area (Å²) in [6.45, 7) is 4.27. The van der Waals surface area contributed by atoms with E-state index in [4.69, 9.17) is 16.3 Å². The van der Waals surface area contributed by atoms with E-state index in [1.54, 1.807) is 52.2 Å². The third-order valence-electron chi connectivity index (χ3n) is 5.19. The number of carbonyl (C=O) groups is 2. The van der Waals surface area contributed by atoms with Crippen molar-refractivity contribution in [2.24, 2.45) is 0 Å². The summed E-state index contributed by atoms with van der Waals surface area (Å²) in [4.78, 5) is 27.2. The Bertz CT molecular complexity index is 1090. The molecule has 4 rings (SSSR count). The number of anilines is 1. The molecule has 3 aromatic rings. The van der Waals surface area contributed by atoms with E-state index in [1.165, 1.54) is 0 Å². The van der Waals surface area contributed by atoms with Gasteiger partial charge in [0.05, 0.1) is 36.4 Å². The van der Waals surface area contributed by atoms with Crippen LogP contribution in [0.1, 0.15) is 33.3 Å². The lowest BCUT2D eigenvalue weighted by atomic mass is 10.1. The smallest absolute Gasteiger partial charge is 0.259 e. The number of nitrogens with one attached hydrogen (secondary N) is 1. The quantitative estimate of drug-likeness (QED) is 0.657. The van der Waals surface area contributed by atoms with Crippen molar-refractivity contribution < 1.29 is 14.3 Å². The fourth-order valence-electron chi connectivity index (χ4n) is 3.58. The summed E-state index contributed by atoms with van der Waals surface area (Å²) in [6.07, 6.45) is 2.19. The van der Waals surface area contributed by atoms with Crippen LogP contribution >= 0.6 is 11.6 Å². The fraction of sp³-hybridized carbons (Fsp3) is 0.261. The van der Waals surface area contributed by atoms with Gasteiger partial charge in [-0.1, -0.05) is 24.6 Å². The van der Waals surface area contributed by atoms with Crippen LogP contribution in [-0.4, -0.2) is 52.8 Å². The number of carbonyl (C=O) groups excluding carboxylic acids is 2. The van der Waals surface area contributed by atoms with E-state index in [0.717, 1.165) is 11.4 Å². The van der Waals surface area contributed by atoms with E-state index in [2.05, 4.69) is 10.4 Å². The number of morpholine rings is 1. The molecule has 0 bridgehead atoms. The number of amides is 2. The summed E-state index contributed by atoms with van der Waals surface area (Å²) in [5, 5.41) is 7.88. The van der Waals surface area contributed by atoms with Crippen molar-refractivity contribution >= 4 is 29.1 Å². The summed E-state index contributed by atoms with van der Waals surface area (Å²) < 4.78 is 7.02. The minimum absolute atomic E-state index is 0.0303. The van der Waals surface area contributed by atoms with Gasteiger partial charge in [0.1, 0.15) is 0 Å². The molecule has 160 valence electrons. The highest BCUT2D eigenvalue weighted by atomic mass is 35.5. The van der Waals surface area contributed by atoms with Gasteiger partial charge in [-0.3, -0.25) is 9.59 Å². The van der Waals surface area contributed by atoms with E-state index >= 15 is 0 Å². The Balaban J connectivity index is 1.49. The molecule has 0 radical (unpaired) electrons. The molecule has 8 heteroatoms. The predicted molar refractivity (Wildman–Crippen MR) is 119 cm³/mol. The Kier molecular flexibility index (Phi) is 6.34. The lowest BCUT2D eigenvalue weighted by Gasteiger charge is -2.26. The molecule has 2 amide bonds.